The molecule has 0 atom stereocenters. The van der Waals surface area contributed by atoms with Gasteiger partial charge in [0.2, 0.25) is 0 Å². The van der Waals surface area contributed by atoms with Gasteiger partial charge in [0, 0.05) is 11.4 Å². The van der Waals surface area contributed by atoms with E-state index >= 15 is 0 Å². The van der Waals surface area contributed by atoms with Crippen LogP contribution in [0.3, 0.4) is 0 Å². The Morgan fingerprint density at radius 2 is 2.00 bits per heavy atom. The van der Waals surface area contributed by atoms with Crippen molar-refractivity contribution in [3.63, 3.8) is 0 Å². The second-order valence-corrected chi connectivity index (χ2v) is 5.19. The molecule has 0 aliphatic heterocycles. The summed E-state index contributed by atoms with van der Waals surface area (Å²) in [5.74, 6) is 2.13. The standard InChI is InChI=1S/C16H17N3O/c1-10(2)17-15-12-9-11(3)6-7-13(12)18-16(19-15)14-5-4-8-20-14/h4-10H,1-3H3,(H,17,18,19). The molecule has 102 valence electrons. The van der Waals surface area contributed by atoms with E-state index in [0.717, 1.165) is 16.7 Å². The van der Waals surface area contributed by atoms with E-state index in [2.05, 4.69) is 48.2 Å². The number of rotatable bonds is 3. The maximum absolute atomic E-state index is 5.40. The number of hydrogen-bond acceptors (Lipinski definition) is 4. The molecule has 3 rings (SSSR count). The summed E-state index contributed by atoms with van der Waals surface area (Å²) in [4.78, 5) is 9.19. The predicted molar refractivity (Wildman–Crippen MR) is 80.7 cm³/mol. The van der Waals surface area contributed by atoms with E-state index in [1.54, 1.807) is 6.26 Å². The molecule has 4 heteroatoms. The zero-order valence-corrected chi connectivity index (χ0v) is 11.8. The van der Waals surface area contributed by atoms with Crippen molar-refractivity contribution in [2.75, 3.05) is 5.32 Å². The summed E-state index contributed by atoms with van der Waals surface area (Å²) in [5.41, 5.74) is 2.11. The minimum Gasteiger partial charge on any atom is -0.461 e. The third-order valence-electron chi connectivity index (χ3n) is 3.02. The van der Waals surface area contributed by atoms with Crippen molar-refractivity contribution in [1.29, 1.82) is 0 Å². The largest absolute Gasteiger partial charge is 0.461 e. The molecule has 0 saturated heterocycles. The number of hydrogen-bond donors (Lipinski definition) is 1. The number of nitrogens with one attached hydrogen (secondary N) is 1. The smallest absolute Gasteiger partial charge is 0.198 e. The van der Waals surface area contributed by atoms with Gasteiger partial charge in [-0.2, -0.15) is 0 Å². The Bertz CT molecular complexity index is 733. The van der Waals surface area contributed by atoms with Crippen LogP contribution in [0, 0.1) is 6.92 Å². The van der Waals surface area contributed by atoms with Gasteiger partial charge in [-0.3, -0.25) is 0 Å². The summed E-state index contributed by atoms with van der Waals surface area (Å²) >= 11 is 0. The van der Waals surface area contributed by atoms with E-state index in [0.29, 0.717) is 17.6 Å². The lowest BCUT2D eigenvalue weighted by Crippen LogP contribution is -2.12. The first kappa shape index (κ1) is 12.7. The highest BCUT2D eigenvalue weighted by atomic mass is 16.3. The van der Waals surface area contributed by atoms with Gasteiger partial charge in [0.1, 0.15) is 5.82 Å². The normalized spacial score (nSPS) is 11.2. The number of aryl methyl sites for hydroxylation is 1. The molecule has 1 aromatic carbocycles. The molecular formula is C16H17N3O. The van der Waals surface area contributed by atoms with Crippen LogP contribution >= 0.6 is 0 Å². The zero-order valence-electron chi connectivity index (χ0n) is 11.8. The first-order chi connectivity index (χ1) is 9.63. The van der Waals surface area contributed by atoms with Crippen LogP contribution in [-0.2, 0) is 0 Å². The van der Waals surface area contributed by atoms with E-state index in [1.165, 1.54) is 5.56 Å². The van der Waals surface area contributed by atoms with Gasteiger partial charge in [-0.15, -0.1) is 0 Å². The van der Waals surface area contributed by atoms with E-state index in [4.69, 9.17) is 4.42 Å². The molecule has 0 amide bonds. The van der Waals surface area contributed by atoms with Gasteiger partial charge in [0.25, 0.3) is 0 Å². The lowest BCUT2D eigenvalue weighted by molar-refractivity contribution is 0.577. The van der Waals surface area contributed by atoms with Gasteiger partial charge in [-0.1, -0.05) is 11.6 Å². The van der Waals surface area contributed by atoms with Gasteiger partial charge in [0.15, 0.2) is 11.6 Å². The highest BCUT2D eigenvalue weighted by Crippen LogP contribution is 2.26. The number of aromatic nitrogens is 2. The molecule has 0 radical (unpaired) electrons. The summed E-state index contributed by atoms with van der Waals surface area (Å²) in [7, 11) is 0. The second kappa shape index (κ2) is 4.96. The van der Waals surface area contributed by atoms with Crippen LogP contribution in [0.2, 0.25) is 0 Å². The first-order valence-electron chi connectivity index (χ1n) is 6.72. The molecular weight excluding hydrogens is 250 g/mol. The molecule has 0 aliphatic rings. The van der Waals surface area contributed by atoms with E-state index in [9.17, 15) is 0 Å². The molecule has 0 fully saturated rings. The SMILES string of the molecule is Cc1ccc2nc(-c3ccco3)nc(NC(C)C)c2c1. The summed E-state index contributed by atoms with van der Waals surface area (Å²) < 4.78 is 5.40. The number of anilines is 1. The molecule has 0 spiro atoms. The summed E-state index contributed by atoms with van der Waals surface area (Å²) in [5, 5.41) is 4.42. The van der Waals surface area contributed by atoms with Gasteiger partial charge in [-0.25, -0.2) is 9.97 Å². The van der Waals surface area contributed by atoms with E-state index in [-0.39, 0.29) is 0 Å². The van der Waals surface area contributed by atoms with Gasteiger partial charge >= 0.3 is 0 Å². The van der Waals surface area contributed by atoms with Crippen LogP contribution in [-0.4, -0.2) is 16.0 Å². The molecule has 0 aliphatic carbocycles. The molecule has 2 heterocycles. The predicted octanol–water partition coefficient (Wildman–Crippen LogP) is 4.02. The molecule has 0 bridgehead atoms. The van der Waals surface area contributed by atoms with Crippen molar-refractivity contribution in [3.8, 4) is 11.6 Å². The Hall–Kier alpha value is -2.36. The van der Waals surface area contributed by atoms with Crippen molar-refractivity contribution in [2.45, 2.75) is 26.8 Å². The van der Waals surface area contributed by atoms with Gasteiger partial charge < -0.3 is 9.73 Å². The molecule has 2 aromatic heterocycles. The Kier molecular flexibility index (Phi) is 3.14. The van der Waals surface area contributed by atoms with E-state index in [1.807, 2.05) is 18.2 Å². The third kappa shape index (κ3) is 2.37. The summed E-state index contributed by atoms with van der Waals surface area (Å²) in [6.07, 6.45) is 1.63. The van der Waals surface area contributed by atoms with Crippen molar-refractivity contribution in [1.82, 2.24) is 9.97 Å². The Morgan fingerprint density at radius 3 is 2.70 bits per heavy atom. The highest BCUT2D eigenvalue weighted by molar-refractivity contribution is 5.91. The molecule has 0 unspecified atom stereocenters. The lowest BCUT2D eigenvalue weighted by Gasteiger charge is -2.13. The lowest BCUT2D eigenvalue weighted by atomic mass is 10.1. The maximum Gasteiger partial charge on any atom is 0.198 e. The number of benzene rings is 1. The Balaban J connectivity index is 2.22. The van der Waals surface area contributed by atoms with Crippen LogP contribution in [0.5, 0.6) is 0 Å². The molecule has 3 aromatic rings. The first-order valence-corrected chi connectivity index (χ1v) is 6.72. The van der Waals surface area contributed by atoms with Crippen LogP contribution in [0.4, 0.5) is 5.82 Å². The van der Waals surface area contributed by atoms with Crippen LogP contribution in [0.1, 0.15) is 19.4 Å². The second-order valence-electron chi connectivity index (χ2n) is 5.19. The fourth-order valence-corrected chi connectivity index (χ4v) is 2.14. The summed E-state index contributed by atoms with van der Waals surface area (Å²) in [6.45, 7) is 6.26. The summed E-state index contributed by atoms with van der Waals surface area (Å²) in [6, 6.07) is 10.2. The van der Waals surface area contributed by atoms with Crippen molar-refractivity contribution in [2.24, 2.45) is 0 Å². The Morgan fingerprint density at radius 1 is 1.15 bits per heavy atom. The highest BCUT2D eigenvalue weighted by Gasteiger charge is 2.12. The quantitative estimate of drug-likeness (QED) is 0.778. The number of nitrogens with zero attached hydrogens (tertiary/aromatic N) is 2. The van der Waals surface area contributed by atoms with Crippen molar-refractivity contribution < 1.29 is 4.42 Å². The average Bonchev–Trinajstić information content (AvgIpc) is 2.92. The van der Waals surface area contributed by atoms with Gasteiger partial charge in [0.05, 0.1) is 11.8 Å². The number of fused-ring (bicyclic) bond motifs is 1. The maximum atomic E-state index is 5.40. The zero-order chi connectivity index (χ0) is 14.1. The van der Waals surface area contributed by atoms with Crippen LogP contribution in [0.15, 0.2) is 41.0 Å². The van der Waals surface area contributed by atoms with Crippen LogP contribution < -0.4 is 5.32 Å². The molecule has 20 heavy (non-hydrogen) atoms. The molecule has 4 nitrogen and oxygen atoms in total. The fourth-order valence-electron chi connectivity index (χ4n) is 2.14. The molecule has 0 saturated carbocycles. The fraction of sp³-hybridized carbons (Fsp3) is 0.250. The monoisotopic (exact) mass is 267 g/mol. The number of furan rings is 1. The minimum absolute atomic E-state index is 0.304. The van der Waals surface area contributed by atoms with E-state index < -0.39 is 0 Å². The average molecular weight is 267 g/mol. The topological polar surface area (TPSA) is 51.0 Å². The van der Waals surface area contributed by atoms with Gasteiger partial charge in [-0.05, 0) is 45.0 Å². The molecule has 1 N–H and O–H groups in total. The Labute approximate surface area is 117 Å². The third-order valence-corrected chi connectivity index (χ3v) is 3.02. The van der Waals surface area contributed by atoms with Crippen LogP contribution in [0.25, 0.3) is 22.5 Å². The van der Waals surface area contributed by atoms with Crippen molar-refractivity contribution in [3.05, 3.63) is 42.2 Å². The minimum atomic E-state index is 0.304. The van der Waals surface area contributed by atoms with Crippen molar-refractivity contribution >= 4 is 16.7 Å².